The fraction of sp³-hybridized carbons (Fsp3) is 0.500. The van der Waals surface area contributed by atoms with Gasteiger partial charge < -0.3 is 15.4 Å². The van der Waals surface area contributed by atoms with Crippen LogP contribution in [0.5, 0.6) is 5.75 Å². The molecule has 0 heterocycles. The molecular formula is C14H21ClN2O2. The lowest BCUT2D eigenvalue weighted by atomic mass is 10.1. The average molecular weight is 285 g/mol. The molecule has 1 amide bonds. The van der Waals surface area contributed by atoms with E-state index in [0.29, 0.717) is 23.7 Å². The van der Waals surface area contributed by atoms with Gasteiger partial charge in [0.05, 0.1) is 12.1 Å². The normalized spacial score (nSPS) is 11.0. The first-order valence-corrected chi connectivity index (χ1v) is 6.58. The van der Waals surface area contributed by atoms with Gasteiger partial charge in [-0.25, -0.2) is 0 Å². The first-order chi connectivity index (χ1) is 8.81. The van der Waals surface area contributed by atoms with Gasteiger partial charge in [-0.2, -0.15) is 0 Å². The monoisotopic (exact) mass is 284 g/mol. The Balaban J connectivity index is 2.41. The molecule has 0 aliphatic heterocycles. The summed E-state index contributed by atoms with van der Waals surface area (Å²) < 4.78 is 5.07. The van der Waals surface area contributed by atoms with Crippen LogP contribution in [0.3, 0.4) is 0 Å². The number of hydrogen-bond acceptors (Lipinski definition) is 3. The highest BCUT2D eigenvalue weighted by Crippen LogP contribution is 2.27. The summed E-state index contributed by atoms with van der Waals surface area (Å²) in [6, 6.07) is 5.44. The molecule has 0 aliphatic rings. The molecule has 106 valence electrons. The van der Waals surface area contributed by atoms with Gasteiger partial charge in [0.15, 0.2) is 0 Å². The maximum Gasteiger partial charge on any atom is 0.222 e. The van der Waals surface area contributed by atoms with E-state index < -0.39 is 0 Å². The third-order valence-electron chi connectivity index (χ3n) is 2.35. The number of carbonyl (C=O) groups is 1. The lowest BCUT2D eigenvalue weighted by Gasteiger charge is -2.20. The molecule has 0 unspecified atom stereocenters. The molecule has 0 aromatic heterocycles. The Bertz CT molecular complexity index is 442. The number of carbonyl (C=O) groups excluding carboxylic acids is 1. The van der Waals surface area contributed by atoms with E-state index in [0.717, 1.165) is 5.69 Å². The van der Waals surface area contributed by atoms with E-state index in [1.54, 1.807) is 19.2 Å². The van der Waals surface area contributed by atoms with Crippen molar-refractivity contribution in [2.45, 2.75) is 32.7 Å². The van der Waals surface area contributed by atoms with Gasteiger partial charge in [-0.3, -0.25) is 4.79 Å². The summed E-state index contributed by atoms with van der Waals surface area (Å²) in [6.45, 7) is 6.44. The first-order valence-electron chi connectivity index (χ1n) is 6.20. The SMILES string of the molecule is COc1ccc(NCCC(=O)NC(C)(C)C)cc1Cl. The third kappa shape index (κ3) is 5.83. The van der Waals surface area contributed by atoms with Crippen LogP contribution < -0.4 is 15.4 Å². The van der Waals surface area contributed by atoms with E-state index in [-0.39, 0.29) is 11.4 Å². The highest BCUT2D eigenvalue weighted by Gasteiger charge is 2.12. The minimum absolute atomic E-state index is 0.0274. The molecule has 1 aromatic rings. The number of rotatable bonds is 5. The summed E-state index contributed by atoms with van der Waals surface area (Å²) >= 11 is 6.01. The van der Waals surface area contributed by atoms with Crippen LogP contribution in [0.2, 0.25) is 5.02 Å². The molecule has 5 heteroatoms. The first kappa shape index (κ1) is 15.6. The topological polar surface area (TPSA) is 50.4 Å². The summed E-state index contributed by atoms with van der Waals surface area (Å²) in [6.07, 6.45) is 0.418. The molecule has 2 N–H and O–H groups in total. The molecule has 0 aliphatic carbocycles. The molecule has 0 spiro atoms. The van der Waals surface area contributed by atoms with Gasteiger partial charge in [-0.15, -0.1) is 0 Å². The number of methoxy groups -OCH3 is 1. The Morgan fingerprint density at radius 1 is 1.37 bits per heavy atom. The van der Waals surface area contributed by atoms with E-state index in [1.807, 2.05) is 26.8 Å². The summed E-state index contributed by atoms with van der Waals surface area (Å²) in [4.78, 5) is 11.6. The lowest BCUT2D eigenvalue weighted by Crippen LogP contribution is -2.41. The van der Waals surface area contributed by atoms with Gasteiger partial charge in [0.1, 0.15) is 5.75 Å². The molecule has 4 nitrogen and oxygen atoms in total. The van der Waals surface area contributed by atoms with Crippen LogP contribution in [0, 0.1) is 0 Å². The molecular weight excluding hydrogens is 264 g/mol. The standard InChI is InChI=1S/C14H21ClN2O2/c1-14(2,3)17-13(18)7-8-16-10-5-6-12(19-4)11(15)9-10/h5-6,9,16H,7-8H2,1-4H3,(H,17,18). The van der Waals surface area contributed by atoms with Crippen molar-refractivity contribution in [2.24, 2.45) is 0 Å². The van der Waals surface area contributed by atoms with Crippen LogP contribution in [-0.2, 0) is 4.79 Å². The average Bonchev–Trinajstić information content (AvgIpc) is 2.26. The molecule has 0 bridgehead atoms. The van der Waals surface area contributed by atoms with Crippen LogP contribution in [0.1, 0.15) is 27.2 Å². The predicted octanol–water partition coefficient (Wildman–Crippen LogP) is 3.07. The molecule has 1 aromatic carbocycles. The van der Waals surface area contributed by atoms with Gasteiger partial charge >= 0.3 is 0 Å². The Morgan fingerprint density at radius 3 is 2.58 bits per heavy atom. The quantitative estimate of drug-likeness (QED) is 0.874. The highest BCUT2D eigenvalue weighted by atomic mass is 35.5. The zero-order valence-electron chi connectivity index (χ0n) is 11.8. The number of anilines is 1. The van der Waals surface area contributed by atoms with Crippen molar-refractivity contribution >= 4 is 23.2 Å². The zero-order chi connectivity index (χ0) is 14.5. The van der Waals surface area contributed by atoms with E-state index in [4.69, 9.17) is 16.3 Å². The van der Waals surface area contributed by atoms with Crippen molar-refractivity contribution in [2.75, 3.05) is 19.0 Å². The van der Waals surface area contributed by atoms with Crippen molar-refractivity contribution in [3.05, 3.63) is 23.2 Å². The predicted molar refractivity (Wildman–Crippen MR) is 79.0 cm³/mol. The van der Waals surface area contributed by atoms with Crippen molar-refractivity contribution in [3.8, 4) is 5.75 Å². The number of nitrogens with one attached hydrogen (secondary N) is 2. The van der Waals surface area contributed by atoms with Crippen LogP contribution in [-0.4, -0.2) is 25.1 Å². The van der Waals surface area contributed by atoms with E-state index in [1.165, 1.54) is 0 Å². The Labute approximate surface area is 119 Å². The van der Waals surface area contributed by atoms with Crippen LogP contribution >= 0.6 is 11.6 Å². The molecule has 1 rings (SSSR count). The minimum Gasteiger partial charge on any atom is -0.495 e. The second kappa shape index (κ2) is 6.66. The van der Waals surface area contributed by atoms with Crippen LogP contribution in [0.4, 0.5) is 5.69 Å². The van der Waals surface area contributed by atoms with E-state index in [9.17, 15) is 4.79 Å². The Morgan fingerprint density at radius 2 is 2.05 bits per heavy atom. The lowest BCUT2D eigenvalue weighted by molar-refractivity contribution is -0.122. The maximum absolute atomic E-state index is 11.6. The number of ether oxygens (including phenoxy) is 1. The Hall–Kier alpha value is -1.42. The molecule has 0 saturated carbocycles. The van der Waals surface area contributed by atoms with E-state index >= 15 is 0 Å². The number of hydrogen-bond donors (Lipinski definition) is 2. The third-order valence-corrected chi connectivity index (χ3v) is 2.64. The largest absolute Gasteiger partial charge is 0.495 e. The van der Waals surface area contributed by atoms with Gasteiger partial charge in [0.2, 0.25) is 5.91 Å². The second-order valence-electron chi connectivity index (χ2n) is 5.32. The number of benzene rings is 1. The van der Waals surface area contributed by atoms with Crippen molar-refractivity contribution in [1.82, 2.24) is 5.32 Å². The summed E-state index contributed by atoms with van der Waals surface area (Å²) in [5.74, 6) is 0.664. The molecule has 0 radical (unpaired) electrons. The molecule has 0 atom stereocenters. The fourth-order valence-electron chi connectivity index (χ4n) is 1.58. The number of halogens is 1. The Kier molecular flexibility index (Phi) is 5.48. The number of amides is 1. The maximum atomic E-state index is 11.6. The van der Waals surface area contributed by atoms with Gasteiger partial charge in [-0.1, -0.05) is 11.6 Å². The summed E-state index contributed by atoms with van der Waals surface area (Å²) in [5, 5.41) is 6.61. The van der Waals surface area contributed by atoms with Crippen molar-refractivity contribution in [3.63, 3.8) is 0 Å². The second-order valence-corrected chi connectivity index (χ2v) is 5.73. The van der Waals surface area contributed by atoms with Gasteiger partial charge in [0.25, 0.3) is 0 Å². The fourth-order valence-corrected chi connectivity index (χ4v) is 1.84. The smallest absolute Gasteiger partial charge is 0.222 e. The van der Waals surface area contributed by atoms with Crippen LogP contribution in [0.15, 0.2) is 18.2 Å². The summed E-state index contributed by atoms with van der Waals surface area (Å²) in [5.41, 5.74) is 0.676. The van der Waals surface area contributed by atoms with Gasteiger partial charge in [0, 0.05) is 24.2 Å². The van der Waals surface area contributed by atoms with Crippen LogP contribution in [0.25, 0.3) is 0 Å². The van der Waals surface area contributed by atoms with Crippen molar-refractivity contribution in [1.29, 1.82) is 0 Å². The molecule has 0 fully saturated rings. The van der Waals surface area contributed by atoms with Crippen molar-refractivity contribution < 1.29 is 9.53 Å². The van der Waals surface area contributed by atoms with Gasteiger partial charge in [-0.05, 0) is 39.0 Å². The molecule has 0 saturated heterocycles. The summed E-state index contributed by atoms with van der Waals surface area (Å²) in [7, 11) is 1.57. The highest BCUT2D eigenvalue weighted by molar-refractivity contribution is 6.32. The zero-order valence-corrected chi connectivity index (χ0v) is 12.6. The molecule has 19 heavy (non-hydrogen) atoms. The minimum atomic E-state index is -0.194. The van der Waals surface area contributed by atoms with E-state index in [2.05, 4.69) is 10.6 Å².